The van der Waals surface area contributed by atoms with Crippen LogP contribution in [0.2, 0.25) is 0 Å². The van der Waals surface area contributed by atoms with Gasteiger partial charge in [0.15, 0.2) is 0 Å². The van der Waals surface area contributed by atoms with E-state index in [1.54, 1.807) is 7.05 Å². The first-order valence-corrected chi connectivity index (χ1v) is 6.15. The fourth-order valence-electron chi connectivity index (χ4n) is 1.51. The molecule has 0 unspecified atom stereocenters. The minimum Gasteiger partial charge on any atom is -0.315 e. The summed E-state index contributed by atoms with van der Waals surface area (Å²) in [6.45, 7) is 6.43. The molecule has 0 aliphatic carbocycles. The van der Waals surface area contributed by atoms with Crippen LogP contribution in [0.3, 0.4) is 0 Å². The van der Waals surface area contributed by atoms with Gasteiger partial charge in [0, 0.05) is 16.8 Å². The van der Waals surface area contributed by atoms with Gasteiger partial charge in [-0.05, 0) is 7.05 Å². The molecule has 0 fully saturated rings. The molecule has 1 N–H and O–H groups in total. The van der Waals surface area contributed by atoms with Gasteiger partial charge in [0.05, 0.1) is 12.1 Å². The van der Waals surface area contributed by atoms with Gasteiger partial charge in [-0.2, -0.15) is 13.2 Å². The lowest BCUT2D eigenvalue weighted by Crippen LogP contribution is -2.17. The predicted octanol–water partition coefficient (Wildman–Crippen LogP) is 3.26. The summed E-state index contributed by atoms with van der Waals surface area (Å²) in [4.78, 5) is 5.03. The van der Waals surface area contributed by atoms with E-state index in [0.717, 1.165) is 21.9 Å². The van der Waals surface area contributed by atoms with Crippen molar-refractivity contribution in [3.63, 3.8) is 0 Å². The Bertz CT molecular complexity index is 377. The van der Waals surface area contributed by atoms with E-state index in [9.17, 15) is 13.2 Å². The monoisotopic (exact) mass is 266 g/mol. The molecule has 0 saturated heterocycles. The summed E-state index contributed by atoms with van der Waals surface area (Å²) in [6, 6.07) is 0. The minimum absolute atomic E-state index is 0.146. The van der Waals surface area contributed by atoms with Crippen LogP contribution in [0.15, 0.2) is 0 Å². The van der Waals surface area contributed by atoms with E-state index in [1.165, 1.54) is 0 Å². The first-order valence-electron chi connectivity index (χ1n) is 5.34. The molecular weight excluding hydrogens is 249 g/mol. The maximum absolute atomic E-state index is 12.3. The quantitative estimate of drug-likeness (QED) is 0.908. The van der Waals surface area contributed by atoms with Crippen molar-refractivity contribution in [2.75, 3.05) is 7.05 Å². The summed E-state index contributed by atoms with van der Waals surface area (Å²) in [6.07, 6.45) is -5.13. The molecule has 0 radical (unpaired) electrons. The van der Waals surface area contributed by atoms with E-state index in [2.05, 4.69) is 10.3 Å². The molecule has 0 aromatic carbocycles. The number of rotatable bonds is 3. The maximum atomic E-state index is 12.3. The molecule has 1 heterocycles. The van der Waals surface area contributed by atoms with Gasteiger partial charge in [0.2, 0.25) is 0 Å². The molecule has 1 rings (SSSR count). The third-order valence-electron chi connectivity index (χ3n) is 2.14. The van der Waals surface area contributed by atoms with Crippen molar-refractivity contribution in [3.05, 3.63) is 15.6 Å². The molecule has 17 heavy (non-hydrogen) atoms. The Kier molecular flexibility index (Phi) is 4.19. The van der Waals surface area contributed by atoms with Gasteiger partial charge >= 0.3 is 6.18 Å². The van der Waals surface area contributed by atoms with Crippen LogP contribution >= 0.6 is 11.3 Å². The van der Waals surface area contributed by atoms with E-state index in [4.69, 9.17) is 0 Å². The zero-order chi connectivity index (χ0) is 13.3. The topological polar surface area (TPSA) is 24.9 Å². The van der Waals surface area contributed by atoms with Crippen molar-refractivity contribution in [2.45, 2.75) is 45.3 Å². The number of hydrogen-bond donors (Lipinski definition) is 1. The molecule has 2 nitrogen and oxygen atoms in total. The van der Waals surface area contributed by atoms with Crippen molar-refractivity contribution in [1.29, 1.82) is 0 Å². The number of nitrogens with one attached hydrogen (secondary N) is 1. The van der Waals surface area contributed by atoms with Gasteiger partial charge in [-0.25, -0.2) is 4.98 Å². The largest absolute Gasteiger partial charge is 0.395 e. The second-order valence-electron chi connectivity index (χ2n) is 4.95. The SMILES string of the molecule is CNCc1sc(CC(F)(F)F)nc1C(C)(C)C. The van der Waals surface area contributed by atoms with E-state index < -0.39 is 12.6 Å². The van der Waals surface area contributed by atoms with Crippen LogP contribution in [0.25, 0.3) is 0 Å². The maximum Gasteiger partial charge on any atom is 0.395 e. The highest BCUT2D eigenvalue weighted by Crippen LogP contribution is 2.32. The molecule has 1 aromatic rings. The van der Waals surface area contributed by atoms with Crippen molar-refractivity contribution < 1.29 is 13.2 Å². The van der Waals surface area contributed by atoms with Crippen LogP contribution in [0.5, 0.6) is 0 Å². The first kappa shape index (κ1) is 14.4. The number of halogens is 3. The van der Waals surface area contributed by atoms with E-state index in [0.29, 0.717) is 6.54 Å². The van der Waals surface area contributed by atoms with Crippen LogP contribution < -0.4 is 5.32 Å². The zero-order valence-corrected chi connectivity index (χ0v) is 11.2. The summed E-state index contributed by atoms with van der Waals surface area (Å²) >= 11 is 1.14. The zero-order valence-electron chi connectivity index (χ0n) is 10.4. The molecule has 0 atom stereocenters. The summed E-state index contributed by atoms with van der Waals surface area (Å²) in [7, 11) is 1.77. The lowest BCUT2D eigenvalue weighted by atomic mass is 9.91. The number of nitrogens with zero attached hydrogens (tertiary/aromatic N) is 1. The highest BCUT2D eigenvalue weighted by Gasteiger charge is 2.31. The number of thiazole rings is 1. The van der Waals surface area contributed by atoms with Gasteiger partial charge in [-0.3, -0.25) is 0 Å². The number of hydrogen-bond acceptors (Lipinski definition) is 3. The van der Waals surface area contributed by atoms with Crippen LogP contribution in [0, 0.1) is 0 Å². The fourth-order valence-corrected chi connectivity index (χ4v) is 2.84. The van der Waals surface area contributed by atoms with Gasteiger partial charge in [0.1, 0.15) is 5.01 Å². The molecule has 1 aromatic heterocycles. The molecule has 0 aliphatic heterocycles. The fraction of sp³-hybridized carbons (Fsp3) is 0.727. The van der Waals surface area contributed by atoms with Crippen molar-refractivity contribution >= 4 is 11.3 Å². The molecule has 6 heteroatoms. The van der Waals surface area contributed by atoms with Crippen LogP contribution in [0.1, 0.15) is 36.3 Å². The highest BCUT2D eigenvalue weighted by atomic mass is 32.1. The van der Waals surface area contributed by atoms with Gasteiger partial charge in [0.25, 0.3) is 0 Å². The Hall–Kier alpha value is -0.620. The van der Waals surface area contributed by atoms with Crippen LogP contribution in [-0.2, 0) is 18.4 Å². The average Bonchev–Trinajstić information content (AvgIpc) is 2.44. The van der Waals surface area contributed by atoms with Crippen molar-refractivity contribution in [2.24, 2.45) is 0 Å². The smallest absolute Gasteiger partial charge is 0.315 e. The Morgan fingerprint density at radius 2 is 1.82 bits per heavy atom. The third kappa shape index (κ3) is 4.27. The standard InChI is InChI=1S/C11H17F3N2S/c1-10(2,3)9-7(6-15-4)17-8(16-9)5-11(12,13)14/h15H,5-6H2,1-4H3. The molecule has 0 amide bonds. The average molecular weight is 266 g/mol. The second-order valence-corrected chi connectivity index (χ2v) is 6.12. The summed E-state index contributed by atoms with van der Waals surface area (Å²) in [5.41, 5.74) is 0.531. The lowest BCUT2D eigenvalue weighted by Gasteiger charge is -2.17. The van der Waals surface area contributed by atoms with E-state index >= 15 is 0 Å². The number of aromatic nitrogens is 1. The molecular formula is C11H17F3N2S. The first-order chi connectivity index (χ1) is 7.63. The second kappa shape index (κ2) is 4.94. The van der Waals surface area contributed by atoms with E-state index in [1.807, 2.05) is 20.8 Å². The Morgan fingerprint density at radius 1 is 1.24 bits per heavy atom. The third-order valence-corrected chi connectivity index (χ3v) is 3.20. The molecule has 0 bridgehead atoms. The van der Waals surface area contributed by atoms with E-state index in [-0.39, 0.29) is 10.4 Å². The van der Waals surface area contributed by atoms with Crippen molar-refractivity contribution in [1.82, 2.24) is 10.3 Å². The Balaban J connectivity index is 3.04. The normalized spacial score (nSPS) is 13.1. The summed E-state index contributed by atoms with van der Waals surface area (Å²) < 4.78 is 36.9. The predicted molar refractivity (Wildman–Crippen MR) is 63.3 cm³/mol. The molecule has 98 valence electrons. The molecule has 0 saturated carbocycles. The number of alkyl halides is 3. The summed E-state index contributed by atoms with van der Waals surface area (Å²) in [5, 5.41) is 3.11. The molecule has 0 spiro atoms. The molecule has 0 aliphatic rings. The highest BCUT2D eigenvalue weighted by molar-refractivity contribution is 7.11. The van der Waals surface area contributed by atoms with Crippen molar-refractivity contribution in [3.8, 4) is 0 Å². The Morgan fingerprint density at radius 3 is 2.24 bits per heavy atom. The van der Waals surface area contributed by atoms with Gasteiger partial charge in [-0.1, -0.05) is 20.8 Å². The van der Waals surface area contributed by atoms with Gasteiger partial charge < -0.3 is 5.32 Å². The van der Waals surface area contributed by atoms with Crippen LogP contribution in [0.4, 0.5) is 13.2 Å². The lowest BCUT2D eigenvalue weighted by molar-refractivity contribution is -0.127. The minimum atomic E-state index is -4.19. The van der Waals surface area contributed by atoms with Crippen LogP contribution in [-0.4, -0.2) is 18.2 Å². The summed E-state index contributed by atoms with van der Waals surface area (Å²) in [5.74, 6) is 0. The van der Waals surface area contributed by atoms with Gasteiger partial charge in [-0.15, -0.1) is 11.3 Å². The Labute approximate surface area is 103 Å².